The van der Waals surface area contributed by atoms with Gasteiger partial charge in [-0.1, -0.05) is 6.07 Å². The van der Waals surface area contributed by atoms with E-state index in [1.165, 1.54) is 18.2 Å². The molecule has 0 saturated carbocycles. The van der Waals surface area contributed by atoms with Crippen molar-refractivity contribution in [3.63, 3.8) is 0 Å². The minimum Gasteiger partial charge on any atom is -0.480 e. The number of carbonyl (C=O) groups excluding carboxylic acids is 1. The summed E-state index contributed by atoms with van der Waals surface area (Å²) in [6.07, 6.45) is 0. The smallest absolute Gasteiger partial charge is 0.323 e. The van der Waals surface area contributed by atoms with E-state index in [0.717, 1.165) is 4.90 Å². The van der Waals surface area contributed by atoms with E-state index in [2.05, 4.69) is 0 Å². The Balaban J connectivity index is 3.27. The Hall–Kier alpha value is -2.61. The Morgan fingerprint density at radius 2 is 1.65 bits per heavy atom. The fraction of sp³-hybridized carbons (Fsp3) is 0.250. The molecule has 0 atom stereocenters. The fourth-order valence-corrected chi connectivity index (χ4v) is 1.74. The molecule has 1 amide bonds. The summed E-state index contributed by atoms with van der Waals surface area (Å²) in [5.74, 6) is -3.09. The van der Waals surface area contributed by atoms with Crippen LogP contribution in [0.4, 0.5) is 5.69 Å². The lowest BCUT2D eigenvalue weighted by atomic mass is 10.1. The van der Waals surface area contributed by atoms with Gasteiger partial charge in [0.25, 0.3) is 0 Å². The van der Waals surface area contributed by atoms with Crippen LogP contribution in [0.1, 0.15) is 15.9 Å². The van der Waals surface area contributed by atoms with Crippen LogP contribution in [0.3, 0.4) is 0 Å². The minimum atomic E-state index is -1.20. The largest absolute Gasteiger partial charge is 0.480 e. The molecule has 0 spiro atoms. The SMILES string of the molecule is NCc1ccc(C(N)=O)cc1N(CC(=O)O)CC(=O)O. The molecule has 0 fully saturated rings. The van der Waals surface area contributed by atoms with Crippen LogP contribution in [0, 0.1) is 0 Å². The molecular formula is C12H15N3O5. The lowest BCUT2D eigenvalue weighted by Crippen LogP contribution is -2.35. The zero-order chi connectivity index (χ0) is 15.3. The summed E-state index contributed by atoms with van der Waals surface area (Å²) < 4.78 is 0. The number of amides is 1. The van der Waals surface area contributed by atoms with Crippen LogP contribution in [0.25, 0.3) is 0 Å². The van der Waals surface area contributed by atoms with Crippen LogP contribution < -0.4 is 16.4 Å². The first kappa shape index (κ1) is 15.4. The third-order valence-corrected chi connectivity index (χ3v) is 2.58. The van der Waals surface area contributed by atoms with Crippen molar-refractivity contribution < 1.29 is 24.6 Å². The number of nitrogens with two attached hydrogens (primary N) is 2. The molecule has 0 saturated heterocycles. The van der Waals surface area contributed by atoms with Crippen molar-refractivity contribution in [3.8, 4) is 0 Å². The zero-order valence-electron chi connectivity index (χ0n) is 10.6. The summed E-state index contributed by atoms with van der Waals surface area (Å²) >= 11 is 0. The predicted molar refractivity (Wildman–Crippen MR) is 70.3 cm³/mol. The molecule has 0 heterocycles. The summed E-state index contributed by atoms with van der Waals surface area (Å²) in [6, 6.07) is 4.32. The second-order valence-corrected chi connectivity index (χ2v) is 4.06. The van der Waals surface area contributed by atoms with Gasteiger partial charge in [-0.05, 0) is 17.7 Å². The first-order valence-corrected chi connectivity index (χ1v) is 5.66. The molecule has 1 aromatic carbocycles. The number of aliphatic carboxylic acids is 2. The van der Waals surface area contributed by atoms with Crippen molar-refractivity contribution in [2.75, 3.05) is 18.0 Å². The molecule has 8 heteroatoms. The quantitative estimate of drug-likeness (QED) is 0.512. The Morgan fingerprint density at radius 1 is 1.10 bits per heavy atom. The Labute approximate surface area is 114 Å². The van der Waals surface area contributed by atoms with Crippen LogP contribution in [0.15, 0.2) is 18.2 Å². The average Bonchev–Trinajstić information content (AvgIpc) is 2.36. The van der Waals surface area contributed by atoms with Crippen LogP contribution in [-0.2, 0) is 16.1 Å². The number of rotatable bonds is 7. The molecule has 1 rings (SSSR count). The van der Waals surface area contributed by atoms with Crippen LogP contribution in [0.2, 0.25) is 0 Å². The van der Waals surface area contributed by atoms with Gasteiger partial charge in [-0.25, -0.2) is 0 Å². The fourth-order valence-electron chi connectivity index (χ4n) is 1.74. The van der Waals surface area contributed by atoms with Crippen LogP contribution >= 0.6 is 0 Å². The predicted octanol–water partition coefficient (Wildman–Crippen LogP) is -0.780. The summed E-state index contributed by atoms with van der Waals surface area (Å²) in [7, 11) is 0. The lowest BCUT2D eigenvalue weighted by molar-refractivity contribution is -0.136. The van der Waals surface area contributed by atoms with E-state index in [1.807, 2.05) is 0 Å². The van der Waals surface area contributed by atoms with Gasteiger partial charge in [-0.15, -0.1) is 0 Å². The zero-order valence-corrected chi connectivity index (χ0v) is 10.6. The number of anilines is 1. The van der Waals surface area contributed by atoms with Gasteiger partial charge >= 0.3 is 11.9 Å². The Morgan fingerprint density at radius 3 is 2.05 bits per heavy atom. The van der Waals surface area contributed by atoms with E-state index in [1.54, 1.807) is 0 Å². The molecule has 0 bridgehead atoms. The number of carboxylic acid groups (broad SMARTS) is 2. The van der Waals surface area contributed by atoms with Crippen molar-refractivity contribution in [2.24, 2.45) is 11.5 Å². The molecule has 1 aromatic rings. The number of hydrogen-bond acceptors (Lipinski definition) is 5. The monoisotopic (exact) mass is 281 g/mol. The van der Waals surface area contributed by atoms with Crippen LogP contribution in [-0.4, -0.2) is 41.1 Å². The first-order valence-electron chi connectivity index (χ1n) is 5.66. The standard InChI is InChI=1S/C12H15N3O5/c13-4-8-2-1-7(12(14)20)3-9(8)15(5-10(16)17)6-11(18)19/h1-3H,4-6,13H2,(H2,14,20)(H,16,17)(H,18,19). The van der Waals surface area contributed by atoms with Crippen LogP contribution in [0.5, 0.6) is 0 Å². The van der Waals surface area contributed by atoms with Crippen molar-refractivity contribution in [1.82, 2.24) is 0 Å². The van der Waals surface area contributed by atoms with E-state index < -0.39 is 30.9 Å². The molecule has 20 heavy (non-hydrogen) atoms. The average molecular weight is 281 g/mol. The van der Waals surface area contributed by atoms with Crippen molar-refractivity contribution in [2.45, 2.75) is 6.54 Å². The van der Waals surface area contributed by atoms with Gasteiger partial charge in [0.1, 0.15) is 13.1 Å². The molecule has 0 unspecified atom stereocenters. The second-order valence-electron chi connectivity index (χ2n) is 4.06. The summed E-state index contributed by atoms with van der Waals surface area (Å²) in [4.78, 5) is 33.9. The van der Waals surface area contributed by atoms with E-state index >= 15 is 0 Å². The van der Waals surface area contributed by atoms with Gasteiger partial charge in [0, 0.05) is 17.8 Å². The highest BCUT2D eigenvalue weighted by Gasteiger charge is 2.18. The molecule has 0 radical (unpaired) electrons. The third kappa shape index (κ3) is 3.95. The number of carboxylic acids is 2. The van der Waals surface area contributed by atoms with Gasteiger partial charge in [0.05, 0.1) is 0 Å². The minimum absolute atomic E-state index is 0.0735. The van der Waals surface area contributed by atoms with E-state index in [0.29, 0.717) is 5.56 Å². The summed E-state index contributed by atoms with van der Waals surface area (Å²) in [5, 5.41) is 17.7. The molecule has 6 N–H and O–H groups in total. The highest BCUT2D eigenvalue weighted by atomic mass is 16.4. The van der Waals surface area contributed by atoms with E-state index in [4.69, 9.17) is 21.7 Å². The topological polar surface area (TPSA) is 147 Å². The molecule has 0 aromatic heterocycles. The number of benzene rings is 1. The molecule has 0 aliphatic rings. The second kappa shape index (κ2) is 6.53. The molecule has 108 valence electrons. The Kier molecular flexibility index (Phi) is 5.04. The van der Waals surface area contributed by atoms with E-state index in [-0.39, 0.29) is 17.8 Å². The summed E-state index contributed by atoms with van der Waals surface area (Å²) in [5.41, 5.74) is 11.6. The highest BCUT2D eigenvalue weighted by molar-refractivity contribution is 5.94. The third-order valence-electron chi connectivity index (χ3n) is 2.58. The van der Waals surface area contributed by atoms with Crippen molar-refractivity contribution in [1.29, 1.82) is 0 Å². The number of nitrogens with zero attached hydrogens (tertiary/aromatic N) is 1. The molecule has 8 nitrogen and oxygen atoms in total. The van der Waals surface area contributed by atoms with Gasteiger partial charge in [-0.2, -0.15) is 0 Å². The lowest BCUT2D eigenvalue weighted by Gasteiger charge is -2.23. The maximum absolute atomic E-state index is 11.2. The van der Waals surface area contributed by atoms with Crippen molar-refractivity contribution >= 4 is 23.5 Å². The maximum Gasteiger partial charge on any atom is 0.323 e. The van der Waals surface area contributed by atoms with E-state index in [9.17, 15) is 14.4 Å². The first-order chi connectivity index (χ1) is 9.35. The van der Waals surface area contributed by atoms with Crippen molar-refractivity contribution in [3.05, 3.63) is 29.3 Å². The van der Waals surface area contributed by atoms with Gasteiger partial charge in [0.15, 0.2) is 0 Å². The molecule has 0 aliphatic heterocycles. The number of hydrogen-bond donors (Lipinski definition) is 4. The molecule has 0 aliphatic carbocycles. The maximum atomic E-state index is 11.2. The normalized spacial score (nSPS) is 10.1. The Bertz CT molecular complexity index is 528. The highest BCUT2D eigenvalue weighted by Crippen LogP contribution is 2.22. The van der Waals surface area contributed by atoms with Gasteiger partial charge in [0.2, 0.25) is 5.91 Å². The molecular weight excluding hydrogens is 266 g/mol. The summed E-state index contributed by atoms with van der Waals surface area (Å²) in [6.45, 7) is -0.979. The number of primary amides is 1. The van der Waals surface area contributed by atoms with Gasteiger partial charge < -0.3 is 26.6 Å². The van der Waals surface area contributed by atoms with Gasteiger partial charge in [-0.3, -0.25) is 14.4 Å². The number of carbonyl (C=O) groups is 3.